The zero-order valence-corrected chi connectivity index (χ0v) is 27.3. The normalized spacial score (nSPS) is 17.0. The molecule has 0 radical (unpaired) electrons. The van der Waals surface area contributed by atoms with Gasteiger partial charge < -0.3 is 35.0 Å². The van der Waals surface area contributed by atoms with Crippen molar-refractivity contribution in [3.05, 3.63) is 52.6 Å². The molecular formula is C32H43F3N4O6S. The standard InChI is InChI=1S/C28H37F3N4O4S.C2H2.2CH2O/c1-5-9-19-14-20(24(39-28(29,30)31)16-21(19)18(3)32)15-23(27(37)38-4)35-13-10-22(26(35)36)33-25(6-2)40-17-34-11-7-8-12-34;3*1-2/h5-6,9,14,16,22-23,33H,3,7-8,10-13,15,17,32H2,1-2,4H3;1-2H;2*1H2/b9-5-,25-6-;;;. The molecule has 0 saturated carbocycles. The fourth-order valence-corrected chi connectivity index (χ4v) is 5.85. The largest absolute Gasteiger partial charge is 0.573 e. The SMILES string of the molecule is C#C.C=C(N)c1cc(OC(F)(F)F)c(CC(C(=O)OC)N2CCC(N/C(=C/C)SCN3CCCC3)C2=O)cc1/C=C\C.C=O.C=O. The van der Waals surface area contributed by atoms with E-state index in [1.807, 2.05) is 26.6 Å². The van der Waals surface area contributed by atoms with E-state index >= 15 is 0 Å². The number of thioether (sulfide) groups is 1. The number of terminal acetylenes is 1. The number of methoxy groups -OCH3 is 1. The van der Waals surface area contributed by atoms with Crippen LogP contribution in [-0.4, -0.2) is 86.3 Å². The predicted molar refractivity (Wildman–Crippen MR) is 175 cm³/mol. The van der Waals surface area contributed by atoms with Crippen molar-refractivity contribution in [3.8, 4) is 18.6 Å². The molecule has 2 saturated heterocycles. The fourth-order valence-electron chi connectivity index (χ4n) is 4.88. The Morgan fingerprint density at radius 3 is 2.28 bits per heavy atom. The number of hydrogen-bond acceptors (Lipinski definition) is 10. The Kier molecular flexibility index (Phi) is 19.5. The van der Waals surface area contributed by atoms with Crippen molar-refractivity contribution in [2.45, 2.75) is 58.0 Å². The van der Waals surface area contributed by atoms with E-state index in [1.54, 1.807) is 30.8 Å². The first-order valence-electron chi connectivity index (χ1n) is 14.0. The number of nitrogens with zero attached hydrogens (tertiary/aromatic N) is 2. The summed E-state index contributed by atoms with van der Waals surface area (Å²) in [7, 11) is 1.18. The molecule has 3 N–H and O–H groups in total. The number of carbonyl (C=O) groups is 4. The molecule has 1 aromatic rings. The number of esters is 1. The third kappa shape index (κ3) is 12.6. The van der Waals surface area contributed by atoms with Crippen molar-refractivity contribution < 1.29 is 41.8 Å². The van der Waals surface area contributed by atoms with Crippen molar-refractivity contribution >= 4 is 49.0 Å². The number of alkyl halides is 3. The Balaban J connectivity index is 0.00000318. The molecule has 2 atom stereocenters. The summed E-state index contributed by atoms with van der Waals surface area (Å²) in [5, 5.41) is 4.14. The second-order valence-corrected chi connectivity index (χ2v) is 10.6. The smallest absolute Gasteiger partial charge is 0.467 e. The highest BCUT2D eigenvalue weighted by Gasteiger charge is 2.41. The van der Waals surface area contributed by atoms with Crippen molar-refractivity contribution in [2.75, 3.05) is 32.6 Å². The second-order valence-electron chi connectivity index (χ2n) is 9.63. The first-order valence-corrected chi connectivity index (χ1v) is 15.0. The van der Waals surface area contributed by atoms with Gasteiger partial charge in [0.25, 0.3) is 0 Å². The molecule has 2 aliphatic rings. The first kappa shape index (κ1) is 41.8. The summed E-state index contributed by atoms with van der Waals surface area (Å²) in [6.45, 7) is 13.6. The Hall–Kier alpha value is -4.22. The van der Waals surface area contributed by atoms with Gasteiger partial charge in [0.2, 0.25) is 5.91 Å². The molecular weight excluding hydrogens is 625 g/mol. The van der Waals surface area contributed by atoms with Crippen LogP contribution in [0.3, 0.4) is 0 Å². The van der Waals surface area contributed by atoms with Gasteiger partial charge in [-0.25, -0.2) is 4.79 Å². The zero-order valence-electron chi connectivity index (χ0n) is 26.4. The van der Waals surface area contributed by atoms with Gasteiger partial charge in [0.1, 0.15) is 31.4 Å². The van der Waals surface area contributed by atoms with Crippen LogP contribution >= 0.6 is 11.8 Å². The molecule has 14 heteroatoms. The first-order chi connectivity index (χ1) is 22.0. The van der Waals surface area contributed by atoms with Gasteiger partial charge in [0.05, 0.1) is 18.0 Å². The highest BCUT2D eigenvalue weighted by Crippen LogP contribution is 2.34. The number of amides is 1. The van der Waals surface area contributed by atoms with Gasteiger partial charge in [-0.3, -0.25) is 9.69 Å². The lowest BCUT2D eigenvalue weighted by atomic mass is 9.96. The molecule has 1 aromatic carbocycles. The van der Waals surface area contributed by atoms with Gasteiger partial charge in [-0.15, -0.1) is 26.0 Å². The molecule has 0 aromatic heterocycles. The monoisotopic (exact) mass is 668 g/mol. The van der Waals surface area contributed by atoms with E-state index in [4.69, 9.17) is 20.1 Å². The van der Waals surface area contributed by atoms with Gasteiger partial charge in [0, 0.05) is 24.2 Å². The molecule has 3 rings (SSSR count). The summed E-state index contributed by atoms with van der Waals surface area (Å²) in [6, 6.07) is 0.891. The number of hydrogen-bond donors (Lipinski definition) is 2. The molecule has 2 fully saturated rings. The number of ether oxygens (including phenoxy) is 2. The topological polar surface area (TPSA) is 131 Å². The Morgan fingerprint density at radius 2 is 1.78 bits per heavy atom. The van der Waals surface area contributed by atoms with E-state index in [2.05, 4.69) is 34.4 Å². The van der Waals surface area contributed by atoms with Crippen molar-refractivity contribution in [1.29, 1.82) is 0 Å². The van der Waals surface area contributed by atoms with Crippen LogP contribution in [0.1, 0.15) is 49.8 Å². The van der Waals surface area contributed by atoms with Gasteiger partial charge in [-0.1, -0.05) is 36.6 Å². The number of benzene rings is 1. The Morgan fingerprint density at radius 1 is 1.17 bits per heavy atom. The number of allylic oxidation sites excluding steroid dienone is 2. The van der Waals surface area contributed by atoms with Crippen LogP contribution in [0.25, 0.3) is 11.8 Å². The minimum absolute atomic E-state index is 0.0576. The summed E-state index contributed by atoms with van der Waals surface area (Å²) >= 11 is 1.61. The third-order valence-electron chi connectivity index (χ3n) is 6.83. The highest BCUT2D eigenvalue weighted by atomic mass is 32.2. The van der Waals surface area contributed by atoms with E-state index in [-0.39, 0.29) is 35.7 Å². The van der Waals surface area contributed by atoms with E-state index in [0.29, 0.717) is 12.0 Å². The molecule has 10 nitrogen and oxygen atoms in total. The van der Waals surface area contributed by atoms with E-state index in [1.165, 1.54) is 30.9 Å². The van der Waals surface area contributed by atoms with Gasteiger partial charge >= 0.3 is 12.3 Å². The molecule has 2 heterocycles. The minimum Gasteiger partial charge on any atom is -0.467 e. The van der Waals surface area contributed by atoms with Gasteiger partial charge in [-0.05, 0) is 69.5 Å². The summed E-state index contributed by atoms with van der Waals surface area (Å²) in [4.78, 5) is 46.1. The molecule has 46 heavy (non-hydrogen) atoms. The van der Waals surface area contributed by atoms with Crippen LogP contribution in [0, 0.1) is 12.8 Å². The van der Waals surface area contributed by atoms with Crippen LogP contribution in [0.4, 0.5) is 13.2 Å². The predicted octanol–water partition coefficient (Wildman–Crippen LogP) is 4.35. The summed E-state index contributed by atoms with van der Waals surface area (Å²) in [5.41, 5.74) is 6.73. The average Bonchev–Trinajstić information content (AvgIpc) is 3.70. The summed E-state index contributed by atoms with van der Waals surface area (Å²) in [6.07, 6.45) is 10.8. The van der Waals surface area contributed by atoms with Crippen LogP contribution < -0.4 is 15.8 Å². The van der Waals surface area contributed by atoms with Crippen molar-refractivity contribution in [2.24, 2.45) is 5.73 Å². The molecule has 2 unspecified atom stereocenters. The molecule has 0 spiro atoms. The average molecular weight is 669 g/mol. The fraction of sp³-hybridized carbons (Fsp3) is 0.438. The van der Waals surface area contributed by atoms with Crippen LogP contribution in [0.15, 0.2) is 35.9 Å². The van der Waals surface area contributed by atoms with Gasteiger partial charge in [-0.2, -0.15) is 0 Å². The minimum atomic E-state index is -4.99. The molecule has 1 amide bonds. The van der Waals surface area contributed by atoms with Crippen LogP contribution in [0.5, 0.6) is 5.75 Å². The van der Waals surface area contributed by atoms with E-state index < -0.39 is 30.2 Å². The molecule has 0 aliphatic carbocycles. The van der Waals surface area contributed by atoms with Crippen LogP contribution in [-0.2, 0) is 30.3 Å². The maximum atomic E-state index is 13.5. The maximum absolute atomic E-state index is 13.5. The van der Waals surface area contributed by atoms with Gasteiger partial charge in [0.15, 0.2) is 0 Å². The Bertz CT molecular complexity index is 1230. The third-order valence-corrected chi connectivity index (χ3v) is 7.99. The van der Waals surface area contributed by atoms with Crippen molar-refractivity contribution in [3.63, 3.8) is 0 Å². The molecule has 0 bridgehead atoms. The maximum Gasteiger partial charge on any atom is 0.573 e. The highest BCUT2D eigenvalue weighted by molar-refractivity contribution is 8.02. The quantitative estimate of drug-likeness (QED) is 0.245. The summed E-state index contributed by atoms with van der Waals surface area (Å²) < 4.78 is 49.3. The number of rotatable bonds is 12. The zero-order chi connectivity index (χ0) is 35.4. The second kappa shape index (κ2) is 21.5. The lowest BCUT2D eigenvalue weighted by molar-refractivity contribution is -0.274. The number of carbonyl (C=O) groups excluding carboxylic acids is 4. The number of likely N-dealkylation sites (tertiary alicyclic amines) is 2. The van der Waals surface area contributed by atoms with Crippen LogP contribution in [0.2, 0.25) is 0 Å². The Labute approximate surface area is 273 Å². The van der Waals surface area contributed by atoms with Crippen molar-refractivity contribution in [1.82, 2.24) is 15.1 Å². The number of nitrogens with one attached hydrogen (secondary N) is 1. The molecule has 254 valence electrons. The summed E-state index contributed by atoms with van der Waals surface area (Å²) in [5.74, 6) is -0.770. The van der Waals surface area contributed by atoms with E-state index in [9.17, 15) is 22.8 Å². The lowest BCUT2D eigenvalue weighted by Crippen LogP contribution is -2.47. The molecule has 2 aliphatic heterocycles. The number of halogens is 3. The lowest BCUT2D eigenvalue weighted by Gasteiger charge is -2.27. The van der Waals surface area contributed by atoms with E-state index in [0.717, 1.165) is 30.1 Å². The number of nitrogens with two attached hydrogens (primary N) is 1.